The Kier molecular flexibility index (Phi) is 3.05. The van der Waals surface area contributed by atoms with Gasteiger partial charge < -0.3 is 5.73 Å². The maximum atomic E-state index is 12.8. The molecule has 1 rings (SSSR count). The molecule has 1 atom stereocenters. The van der Waals surface area contributed by atoms with Crippen LogP contribution >= 0.6 is 0 Å². The Morgan fingerprint density at radius 2 is 1.43 bits per heavy atom. The highest BCUT2D eigenvalue weighted by molar-refractivity contribution is 5.23. The van der Waals surface area contributed by atoms with Crippen LogP contribution in [0.25, 0.3) is 0 Å². The van der Waals surface area contributed by atoms with E-state index < -0.39 is 35.5 Å². The Balaban J connectivity index is 3.15. The Labute approximate surface area is 76.3 Å². The van der Waals surface area contributed by atoms with Crippen molar-refractivity contribution in [1.82, 2.24) is 0 Å². The van der Waals surface area contributed by atoms with Crippen LogP contribution in [0.2, 0.25) is 0 Å². The normalized spacial score (nSPS) is 13.4. The average molecular weight is 211 g/mol. The van der Waals surface area contributed by atoms with Gasteiger partial charge in [0.05, 0.1) is 6.04 Å². The second kappa shape index (κ2) is 3.91. The number of rotatable bonds is 2. The lowest BCUT2D eigenvalue weighted by Gasteiger charge is -2.11. The van der Waals surface area contributed by atoms with Crippen LogP contribution in [-0.4, -0.2) is 6.43 Å². The number of hydrogen-bond acceptors (Lipinski definition) is 1. The van der Waals surface area contributed by atoms with E-state index in [2.05, 4.69) is 0 Å². The van der Waals surface area contributed by atoms with Crippen molar-refractivity contribution >= 4 is 0 Å². The predicted molar refractivity (Wildman–Crippen MR) is 39.2 cm³/mol. The van der Waals surface area contributed by atoms with E-state index in [0.717, 1.165) is 0 Å². The summed E-state index contributed by atoms with van der Waals surface area (Å²) in [6.45, 7) is 0. The molecule has 0 radical (unpaired) electrons. The molecule has 2 N–H and O–H groups in total. The first-order valence-electron chi connectivity index (χ1n) is 3.61. The Morgan fingerprint density at radius 3 is 1.93 bits per heavy atom. The minimum Gasteiger partial charge on any atom is -0.319 e. The quantitative estimate of drug-likeness (QED) is 0.589. The maximum Gasteiger partial charge on any atom is 0.257 e. The molecule has 6 heteroatoms. The van der Waals surface area contributed by atoms with Crippen molar-refractivity contribution in [1.29, 1.82) is 0 Å². The molecule has 0 aliphatic carbocycles. The molecule has 1 aromatic rings. The highest BCUT2D eigenvalue weighted by Gasteiger charge is 2.22. The largest absolute Gasteiger partial charge is 0.319 e. The van der Waals surface area contributed by atoms with Crippen LogP contribution in [0.3, 0.4) is 0 Å². The topological polar surface area (TPSA) is 26.0 Å². The molecule has 0 aromatic heterocycles. The third-order valence-corrected chi connectivity index (χ3v) is 1.67. The SMILES string of the molecule is N[C@H](c1cc(F)c(F)cc1F)C(F)F. The average Bonchev–Trinajstić information content (AvgIpc) is 2.10. The van der Waals surface area contributed by atoms with Gasteiger partial charge in [0.2, 0.25) is 0 Å². The number of halogens is 5. The van der Waals surface area contributed by atoms with Crippen molar-refractivity contribution in [2.24, 2.45) is 5.73 Å². The summed E-state index contributed by atoms with van der Waals surface area (Å²) in [5.41, 5.74) is 4.14. The monoisotopic (exact) mass is 211 g/mol. The molecule has 0 amide bonds. The molecule has 14 heavy (non-hydrogen) atoms. The van der Waals surface area contributed by atoms with E-state index in [1.807, 2.05) is 0 Å². The first-order chi connectivity index (χ1) is 6.43. The lowest BCUT2D eigenvalue weighted by Crippen LogP contribution is -2.20. The van der Waals surface area contributed by atoms with E-state index in [4.69, 9.17) is 5.73 Å². The lowest BCUT2D eigenvalue weighted by molar-refractivity contribution is 0.114. The van der Waals surface area contributed by atoms with Gasteiger partial charge >= 0.3 is 0 Å². The molecule has 0 aliphatic heterocycles. The number of alkyl halides is 2. The van der Waals surface area contributed by atoms with E-state index in [-0.39, 0.29) is 6.07 Å². The number of hydrogen-bond donors (Lipinski definition) is 1. The van der Waals surface area contributed by atoms with E-state index >= 15 is 0 Å². The van der Waals surface area contributed by atoms with E-state index in [9.17, 15) is 22.0 Å². The molecule has 1 aromatic carbocycles. The smallest absolute Gasteiger partial charge is 0.257 e. The van der Waals surface area contributed by atoms with E-state index in [0.29, 0.717) is 6.07 Å². The van der Waals surface area contributed by atoms with Gasteiger partial charge in [0, 0.05) is 11.6 Å². The van der Waals surface area contributed by atoms with Crippen LogP contribution in [0.15, 0.2) is 12.1 Å². The van der Waals surface area contributed by atoms with Crippen molar-refractivity contribution in [2.45, 2.75) is 12.5 Å². The summed E-state index contributed by atoms with van der Waals surface area (Å²) in [7, 11) is 0. The number of benzene rings is 1. The van der Waals surface area contributed by atoms with Gasteiger partial charge in [-0.15, -0.1) is 0 Å². The minimum atomic E-state index is -3.03. The molecular formula is C8H6F5N. The number of nitrogens with two attached hydrogens (primary N) is 1. The first kappa shape index (κ1) is 10.9. The summed E-state index contributed by atoms with van der Waals surface area (Å²) in [5.74, 6) is -4.12. The van der Waals surface area contributed by atoms with Crippen molar-refractivity contribution in [3.05, 3.63) is 35.1 Å². The molecule has 0 spiro atoms. The van der Waals surface area contributed by atoms with Gasteiger partial charge in [-0.2, -0.15) is 0 Å². The highest BCUT2D eigenvalue weighted by Crippen LogP contribution is 2.23. The zero-order valence-electron chi connectivity index (χ0n) is 6.78. The summed E-state index contributed by atoms with van der Waals surface area (Å²) in [6, 6.07) is -1.43. The van der Waals surface area contributed by atoms with Gasteiger partial charge in [-0.1, -0.05) is 0 Å². The van der Waals surface area contributed by atoms with Gasteiger partial charge in [-0.25, -0.2) is 22.0 Å². The van der Waals surface area contributed by atoms with Crippen LogP contribution in [0.5, 0.6) is 0 Å². The molecule has 0 fully saturated rings. The van der Waals surface area contributed by atoms with Crippen LogP contribution < -0.4 is 5.73 Å². The van der Waals surface area contributed by atoms with E-state index in [1.165, 1.54) is 0 Å². The fraction of sp³-hybridized carbons (Fsp3) is 0.250. The molecule has 0 saturated heterocycles. The van der Waals surface area contributed by atoms with Crippen molar-refractivity contribution in [2.75, 3.05) is 0 Å². The summed E-state index contributed by atoms with van der Waals surface area (Å²) in [6.07, 6.45) is -3.03. The summed E-state index contributed by atoms with van der Waals surface area (Å²) < 4.78 is 61.8. The van der Waals surface area contributed by atoms with Gasteiger partial charge in [-0.3, -0.25) is 0 Å². The van der Waals surface area contributed by atoms with Crippen molar-refractivity contribution in [3.63, 3.8) is 0 Å². The van der Waals surface area contributed by atoms with Crippen molar-refractivity contribution in [3.8, 4) is 0 Å². The Bertz CT molecular complexity index is 339. The predicted octanol–water partition coefficient (Wildman–Crippen LogP) is 2.37. The van der Waals surface area contributed by atoms with Crippen LogP contribution in [0.1, 0.15) is 11.6 Å². The molecule has 0 heterocycles. The second-order valence-corrected chi connectivity index (χ2v) is 2.65. The minimum absolute atomic E-state index is 0.187. The van der Waals surface area contributed by atoms with Gasteiger partial charge in [0.1, 0.15) is 5.82 Å². The van der Waals surface area contributed by atoms with Gasteiger partial charge in [-0.05, 0) is 6.07 Å². The first-order valence-corrected chi connectivity index (χ1v) is 3.61. The van der Waals surface area contributed by atoms with Crippen LogP contribution in [0, 0.1) is 17.5 Å². The van der Waals surface area contributed by atoms with E-state index in [1.54, 1.807) is 0 Å². The standard InChI is InChI=1S/C8H6F5N/c9-4-2-6(11)5(10)1-3(4)7(14)8(12)13/h1-2,7-8H,14H2/t7-/m1/s1. The maximum absolute atomic E-state index is 12.8. The van der Waals surface area contributed by atoms with Crippen molar-refractivity contribution < 1.29 is 22.0 Å². The summed E-state index contributed by atoms with van der Waals surface area (Å²) >= 11 is 0. The molecule has 0 aliphatic rings. The molecule has 0 bridgehead atoms. The second-order valence-electron chi connectivity index (χ2n) is 2.65. The molecule has 0 unspecified atom stereocenters. The fourth-order valence-corrected chi connectivity index (χ4v) is 0.929. The van der Waals surface area contributed by atoms with Crippen LogP contribution in [-0.2, 0) is 0 Å². The molecule has 0 saturated carbocycles. The third kappa shape index (κ3) is 2.01. The lowest BCUT2D eigenvalue weighted by atomic mass is 10.1. The van der Waals surface area contributed by atoms with Gasteiger partial charge in [0.25, 0.3) is 6.43 Å². The summed E-state index contributed by atoms with van der Waals surface area (Å²) in [5, 5.41) is 0. The fourth-order valence-electron chi connectivity index (χ4n) is 0.929. The Morgan fingerprint density at radius 1 is 0.929 bits per heavy atom. The third-order valence-electron chi connectivity index (χ3n) is 1.67. The molecular weight excluding hydrogens is 205 g/mol. The zero-order valence-corrected chi connectivity index (χ0v) is 6.78. The summed E-state index contributed by atoms with van der Waals surface area (Å²) in [4.78, 5) is 0. The Hall–Kier alpha value is -1.17. The zero-order chi connectivity index (χ0) is 10.9. The van der Waals surface area contributed by atoms with Gasteiger partial charge in [0.15, 0.2) is 11.6 Å². The molecule has 1 nitrogen and oxygen atoms in total. The van der Waals surface area contributed by atoms with Crippen LogP contribution in [0.4, 0.5) is 22.0 Å². The molecule has 78 valence electrons. The highest BCUT2D eigenvalue weighted by atomic mass is 19.3.